The first-order chi connectivity index (χ1) is 7.60. The number of rotatable bonds is 5. The molecule has 0 saturated heterocycles. The molecular formula is C10H10BrNO4. The predicted octanol–water partition coefficient (Wildman–Crippen LogP) is 2.57. The van der Waals surface area contributed by atoms with E-state index in [2.05, 4.69) is 15.9 Å². The molecule has 0 spiro atoms. The standard InChI is InChI=1S/C10H10BrNO4/c1-16-10-3-2-7(9(13)4-5-11)6-8(10)12(14)15/h2-3,6H,4-5H2,1H3. The van der Waals surface area contributed by atoms with Gasteiger partial charge in [-0.2, -0.15) is 0 Å². The maximum Gasteiger partial charge on any atom is 0.311 e. The second-order valence-corrected chi connectivity index (χ2v) is 3.80. The van der Waals surface area contributed by atoms with E-state index in [0.29, 0.717) is 17.3 Å². The van der Waals surface area contributed by atoms with Crippen LogP contribution in [0.25, 0.3) is 0 Å². The first-order valence-electron chi connectivity index (χ1n) is 4.51. The minimum atomic E-state index is -0.566. The lowest BCUT2D eigenvalue weighted by Crippen LogP contribution is -2.02. The summed E-state index contributed by atoms with van der Waals surface area (Å²) in [7, 11) is 1.35. The first-order valence-corrected chi connectivity index (χ1v) is 5.64. The molecule has 0 saturated carbocycles. The van der Waals surface area contributed by atoms with Crippen LogP contribution in [-0.2, 0) is 0 Å². The van der Waals surface area contributed by atoms with Gasteiger partial charge in [0.2, 0.25) is 0 Å². The molecule has 86 valence electrons. The van der Waals surface area contributed by atoms with Crippen LogP contribution in [0.5, 0.6) is 5.75 Å². The molecule has 1 rings (SSSR count). The first kappa shape index (κ1) is 12.6. The van der Waals surface area contributed by atoms with Gasteiger partial charge in [-0.15, -0.1) is 0 Å². The second kappa shape index (κ2) is 5.60. The molecule has 0 atom stereocenters. The van der Waals surface area contributed by atoms with E-state index in [0.717, 1.165) is 0 Å². The van der Waals surface area contributed by atoms with E-state index in [4.69, 9.17) is 4.74 Å². The number of nitro groups is 1. The van der Waals surface area contributed by atoms with E-state index in [9.17, 15) is 14.9 Å². The van der Waals surface area contributed by atoms with Crippen molar-refractivity contribution in [3.63, 3.8) is 0 Å². The highest BCUT2D eigenvalue weighted by Gasteiger charge is 2.17. The topological polar surface area (TPSA) is 69.4 Å². The van der Waals surface area contributed by atoms with Gasteiger partial charge < -0.3 is 4.74 Å². The molecule has 0 heterocycles. The van der Waals surface area contributed by atoms with Crippen LogP contribution in [0.15, 0.2) is 18.2 Å². The molecule has 0 amide bonds. The smallest absolute Gasteiger partial charge is 0.311 e. The Morgan fingerprint density at radius 2 is 2.25 bits per heavy atom. The van der Waals surface area contributed by atoms with Crippen molar-refractivity contribution in [1.82, 2.24) is 0 Å². The maximum atomic E-state index is 11.5. The Hall–Kier alpha value is -1.43. The van der Waals surface area contributed by atoms with Crippen LogP contribution < -0.4 is 4.74 Å². The number of carbonyl (C=O) groups is 1. The molecule has 1 aromatic rings. The Morgan fingerprint density at radius 1 is 1.56 bits per heavy atom. The molecule has 0 unspecified atom stereocenters. The molecule has 6 heteroatoms. The number of nitrogens with zero attached hydrogens (tertiary/aromatic N) is 1. The molecule has 0 bridgehead atoms. The fourth-order valence-corrected chi connectivity index (χ4v) is 1.60. The van der Waals surface area contributed by atoms with Gasteiger partial charge >= 0.3 is 5.69 Å². The van der Waals surface area contributed by atoms with Crippen molar-refractivity contribution in [3.05, 3.63) is 33.9 Å². The summed E-state index contributed by atoms with van der Waals surface area (Å²) >= 11 is 3.14. The van der Waals surface area contributed by atoms with E-state index in [-0.39, 0.29) is 17.2 Å². The SMILES string of the molecule is COc1ccc(C(=O)CCBr)cc1[N+](=O)[O-]. The van der Waals surface area contributed by atoms with Crippen LogP contribution in [0.2, 0.25) is 0 Å². The second-order valence-electron chi connectivity index (χ2n) is 3.01. The van der Waals surface area contributed by atoms with Gasteiger partial charge in [0.05, 0.1) is 12.0 Å². The zero-order valence-corrected chi connectivity index (χ0v) is 10.2. The summed E-state index contributed by atoms with van der Waals surface area (Å²) < 4.78 is 4.84. The van der Waals surface area contributed by atoms with Crippen LogP contribution >= 0.6 is 15.9 Å². The number of carbonyl (C=O) groups excluding carboxylic acids is 1. The van der Waals surface area contributed by atoms with Crippen LogP contribution in [0.3, 0.4) is 0 Å². The lowest BCUT2D eigenvalue weighted by atomic mass is 10.1. The number of halogens is 1. The number of ketones is 1. The Kier molecular flexibility index (Phi) is 4.42. The van der Waals surface area contributed by atoms with Crippen LogP contribution in [0.4, 0.5) is 5.69 Å². The van der Waals surface area contributed by atoms with Gasteiger partial charge in [0, 0.05) is 23.4 Å². The molecule has 0 aromatic heterocycles. The quantitative estimate of drug-likeness (QED) is 0.361. The number of nitro benzene ring substituents is 1. The lowest BCUT2D eigenvalue weighted by Gasteiger charge is -2.03. The normalized spacial score (nSPS) is 9.88. The molecule has 0 N–H and O–H groups in total. The average molecular weight is 288 g/mol. The van der Waals surface area contributed by atoms with Gasteiger partial charge in [0.25, 0.3) is 0 Å². The van der Waals surface area contributed by atoms with Gasteiger partial charge in [-0.3, -0.25) is 14.9 Å². The summed E-state index contributed by atoms with van der Waals surface area (Å²) in [6.45, 7) is 0. The highest BCUT2D eigenvalue weighted by atomic mass is 79.9. The molecule has 0 radical (unpaired) electrons. The molecule has 1 aromatic carbocycles. The Labute approximate surface area is 101 Å². The average Bonchev–Trinajstić information content (AvgIpc) is 2.28. The van der Waals surface area contributed by atoms with Gasteiger partial charge in [-0.05, 0) is 12.1 Å². The third kappa shape index (κ3) is 2.79. The van der Waals surface area contributed by atoms with Gasteiger partial charge in [0.15, 0.2) is 11.5 Å². The fraction of sp³-hybridized carbons (Fsp3) is 0.300. The number of benzene rings is 1. The minimum absolute atomic E-state index is 0.136. The van der Waals surface area contributed by atoms with Gasteiger partial charge in [-0.1, -0.05) is 15.9 Å². The molecule has 5 nitrogen and oxygen atoms in total. The summed E-state index contributed by atoms with van der Waals surface area (Å²) in [4.78, 5) is 21.7. The zero-order valence-electron chi connectivity index (χ0n) is 8.60. The predicted molar refractivity (Wildman–Crippen MR) is 62.4 cm³/mol. The van der Waals surface area contributed by atoms with Gasteiger partial charge in [0.1, 0.15) is 0 Å². The van der Waals surface area contributed by atoms with Crippen molar-refractivity contribution in [2.24, 2.45) is 0 Å². The number of ether oxygens (including phenoxy) is 1. The Morgan fingerprint density at radius 3 is 2.75 bits per heavy atom. The monoisotopic (exact) mass is 287 g/mol. The van der Waals surface area contributed by atoms with E-state index >= 15 is 0 Å². The highest BCUT2D eigenvalue weighted by Crippen LogP contribution is 2.27. The van der Waals surface area contributed by atoms with Crippen molar-refractivity contribution in [1.29, 1.82) is 0 Å². The maximum absolute atomic E-state index is 11.5. The fourth-order valence-electron chi connectivity index (χ4n) is 1.24. The number of hydrogen-bond donors (Lipinski definition) is 0. The van der Waals surface area contributed by atoms with Crippen LogP contribution in [0.1, 0.15) is 16.8 Å². The van der Waals surface area contributed by atoms with Crippen molar-refractivity contribution in [3.8, 4) is 5.75 Å². The Bertz CT molecular complexity index is 419. The minimum Gasteiger partial charge on any atom is -0.490 e. The zero-order chi connectivity index (χ0) is 12.1. The van der Waals surface area contributed by atoms with Crippen molar-refractivity contribution in [2.45, 2.75) is 6.42 Å². The van der Waals surface area contributed by atoms with E-state index in [1.165, 1.54) is 25.3 Å². The summed E-state index contributed by atoms with van der Waals surface area (Å²) in [5.74, 6) is 0.0167. The summed E-state index contributed by atoms with van der Waals surface area (Å²) in [6.07, 6.45) is 0.309. The summed E-state index contributed by atoms with van der Waals surface area (Å²) in [5.41, 5.74) is 0.134. The number of hydrogen-bond acceptors (Lipinski definition) is 4. The van der Waals surface area contributed by atoms with Crippen LogP contribution in [0, 0.1) is 10.1 Å². The van der Waals surface area contributed by atoms with Crippen molar-refractivity contribution >= 4 is 27.4 Å². The molecule has 0 aliphatic heterocycles. The summed E-state index contributed by atoms with van der Waals surface area (Å²) in [5, 5.41) is 11.3. The van der Waals surface area contributed by atoms with Crippen molar-refractivity contribution in [2.75, 3.05) is 12.4 Å². The molecule has 0 aliphatic carbocycles. The van der Waals surface area contributed by atoms with Gasteiger partial charge in [-0.25, -0.2) is 0 Å². The van der Waals surface area contributed by atoms with Crippen LogP contribution in [-0.4, -0.2) is 23.1 Å². The third-order valence-corrected chi connectivity index (χ3v) is 2.42. The molecule has 16 heavy (non-hydrogen) atoms. The molecular weight excluding hydrogens is 278 g/mol. The number of alkyl halides is 1. The van der Waals surface area contributed by atoms with E-state index < -0.39 is 4.92 Å². The third-order valence-electron chi connectivity index (χ3n) is 2.02. The largest absolute Gasteiger partial charge is 0.490 e. The number of methoxy groups -OCH3 is 1. The molecule has 0 fully saturated rings. The van der Waals surface area contributed by atoms with E-state index in [1.807, 2.05) is 0 Å². The molecule has 0 aliphatic rings. The van der Waals surface area contributed by atoms with Crippen molar-refractivity contribution < 1.29 is 14.5 Å². The van der Waals surface area contributed by atoms with E-state index in [1.54, 1.807) is 0 Å². The number of Topliss-reactive ketones (excluding diaryl/α,β-unsaturated/α-hetero) is 1. The Balaban J connectivity index is 3.11. The lowest BCUT2D eigenvalue weighted by molar-refractivity contribution is -0.385. The highest BCUT2D eigenvalue weighted by molar-refractivity contribution is 9.09. The summed E-state index contributed by atoms with van der Waals surface area (Å²) in [6, 6.07) is 4.19.